The first-order chi connectivity index (χ1) is 9.13. The maximum atomic E-state index is 11.6. The Hall–Kier alpha value is -1.89. The van der Waals surface area contributed by atoms with E-state index in [1.54, 1.807) is 10.9 Å². The van der Waals surface area contributed by atoms with Crippen molar-refractivity contribution >= 4 is 22.4 Å². The van der Waals surface area contributed by atoms with Crippen LogP contribution in [0.4, 0.5) is 5.13 Å². The molecule has 0 radical (unpaired) electrons. The van der Waals surface area contributed by atoms with Gasteiger partial charge in [0.2, 0.25) is 5.91 Å². The van der Waals surface area contributed by atoms with Crippen molar-refractivity contribution in [2.75, 3.05) is 12.3 Å². The van der Waals surface area contributed by atoms with E-state index in [-0.39, 0.29) is 5.91 Å². The van der Waals surface area contributed by atoms with E-state index in [1.165, 1.54) is 11.3 Å². The minimum atomic E-state index is 0.0244. The number of nitrogen functional groups attached to an aromatic ring is 1. The third-order valence-corrected chi connectivity index (χ3v) is 3.33. The van der Waals surface area contributed by atoms with Crippen molar-refractivity contribution in [3.63, 3.8) is 0 Å². The lowest BCUT2D eigenvalue weighted by Crippen LogP contribution is -2.26. The maximum Gasteiger partial charge on any atom is 0.221 e. The van der Waals surface area contributed by atoms with E-state index in [0.29, 0.717) is 31.1 Å². The molecule has 0 aliphatic heterocycles. The number of nitrogens with one attached hydrogen (secondary N) is 1. The van der Waals surface area contributed by atoms with Crippen LogP contribution in [0.15, 0.2) is 17.8 Å². The monoisotopic (exact) mass is 279 g/mol. The minimum Gasteiger partial charge on any atom is -0.375 e. The van der Waals surface area contributed by atoms with Gasteiger partial charge in [0.15, 0.2) is 5.13 Å². The van der Waals surface area contributed by atoms with Crippen LogP contribution in [0.5, 0.6) is 0 Å². The normalized spacial score (nSPS) is 10.6. The molecule has 0 saturated heterocycles. The lowest BCUT2D eigenvalue weighted by atomic mass is 10.3. The summed E-state index contributed by atoms with van der Waals surface area (Å²) >= 11 is 1.42. The van der Waals surface area contributed by atoms with Crippen molar-refractivity contribution in [3.05, 3.63) is 29.0 Å². The standard InChI is InChI=1S/C12H17N5OS/c1-9-6-15-17(7-9)5-3-11(18)14-4-2-10-8-19-12(13)16-10/h6-8H,2-5H2,1H3,(H2,13,16)(H,14,18). The molecule has 7 heteroatoms. The van der Waals surface area contributed by atoms with Crippen LogP contribution in [0.3, 0.4) is 0 Å². The fraction of sp³-hybridized carbons (Fsp3) is 0.417. The molecule has 0 aromatic carbocycles. The Kier molecular flexibility index (Phi) is 4.51. The second kappa shape index (κ2) is 6.33. The smallest absolute Gasteiger partial charge is 0.221 e. The second-order valence-electron chi connectivity index (χ2n) is 4.31. The number of hydrogen-bond acceptors (Lipinski definition) is 5. The molecule has 0 saturated carbocycles. The molecule has 2 rings (SSSR count). The average Bonchev–Trinajstić information content (AvgIpc) is 2.96. The Balaban J connectivity index is 1.64. The van der Waals surface area contributed by atoms with Crippen LogP contribution in [0, 0.1) is 6.92 Å². The van der Waals surface area contributed by atoms with Gasteiger partial charge in [0.25, 0.3) is 0 Å². The van der Waals surface area contributed by atoms with Gasteiger partial charge in [-0.25, -0.2) is 4.98 Å². The number of thiazole rings is 1. The van der Waals surface area contributed by atoms with E-state index in [4.69, 9.17) is 5.73 Å². The molecule has 102 valence electrons. The van der Waals surface area contributed by atoms with Crippen LogP contribution < -0.4 is 11.1 Å². The molecule has 0 spiro atoms. The summed E-state index contributed by atoms with van der Waals surface area (Å²) in [4.78, 5) is 15.8. The topological polar surface area (TPSA) is 85.8 Å². The predicted octanol–water partition coefficient (Wildman–Crippen LogP) is 0.979. The fourth-order valence-corrected chi connectivity index (χ4v) is 2.26. The van der Waals surface area contributed by atoms with Crippen molar-refractivity contribution in [1.82, 2.24) is 20.1 Å². The Morgan fingerprint density at radius 1 is 1.58 bits per heavy atom. The molecule has 1 amide bonds. The van der Waals surface area contributed by atoms with E-state index in [9.17, 15) is 4.79 Å². The van der Waals surface area contributed by atoms with Gasteiger partial charge in [0.05, 0.1) is 11.9 Å². The lowest BCUT2D eigenvalue weighted by molar-refractivity contribution is -0.121. The van der Waals surface area contributed by atoms with Crippen molar-refractivity contribution in [3.8, 4) is 0 Å². The average molecular weight is 279 g/mol. The quantitative estimate of drug-likeness (QED) is 0.825. The number of hydrogen-bond donors (Lipinski definition) is 2. The molecule has 0 atom stereocenters. The van der Waals surface area contributed by atoms with Gasteiger partial charge in [-0.1, -0.05) is 0 Å². The number of aryl methyl sites for hydroxylation is 2. The van der Waals surface area contributed by atoms with Gasteiger partial charge in [-0.05, 0) is 12.5 Å². The lowest BCUT2D eigenvalue weighted by Gasteiger charge is -2.04. The molecular formula is C12H17N5OS. The van der Waals surface area contributed by atoms with Gasteiger partial charge >= 0.3 is 0 Å². The number of anilines is 1. The molecule has 19 heavy (non-hydrogen) atoms. The molecule has 0 fully saturated rings. The summed E-state index contributed by atoms with van der Waals surface area (Å²) in [6, 6.07) is 0. The summed E-state index contributed by atoms with van der Waals surface area (Å²) in [5.41, 5.74) is 7.55. The van der Waals surface area contributed by atoms with Gasteiger partial charge in [0, 0.05) is 37.5 Å². The third kappa shape index (κ3) is 4.36. The van der Waals surface area contributed by atoms with Gasteiger partial charge in [0.1, 0.15) is 0 Å². The van der Waals surface area contributed by atoms with E-state index in [2.05, 4.69) is 15.4 Å². The molecule has 2 heterocycles. The van der Waals surface area contributed by atoms with E-state index >= 15 is 0 Å². The molecule has 0 bridgehead atoms. The maximum absolute atomic E-state index is 11.6. The number of carbonyl (C=O) groups is 1. The molecular weight excluding hydrogens is 262 g/mol. The van der Waals surface area contributed by atoms with Crippen LogP contribution in [0.25, 0.3) is 0 Å². The van der Waals surface area contributed by atoms with Gasteiger partial charge in [-0.2, -0.15) is 5.10 Å². The van der Waals surface area contributed by atoms with Crippen molar-refractivity contribution in [2.45, 2.75) is 26.3 Å². The Labute approximate surface area is 115 Å². The molecule has 0 aliphatic rings. The highest BCUT2D eigenvalue weighted by Gasteiger charge is 2.03. The third-order valence-electron chi connectivity index (χ3n) is 2.60. The second-order valence-corrected chi connectivity index (χ2v) is 5.20. The first-order valence-electron chi connectivity index (χ1n) is 6.09. The van der Waals surface area contributed by atoms with Crippen molar-refractivity contribution in [2.24, 2.45) is 0 Å². The SMILES string of the molecule is Cc1cnn(CCC(=O)NCCc2csc(N)n2)c1. The fourth-order valence-electron chi connectivity index (χ4n) is 1.66. The summed E-state index contributed by atoms with van der Waals surface area (Å²) < 4.78 is 1.77. The van der Waals surface area contributed by atoms with Gasteiger partial charge in [-0.15, -0.1) is 11.3 Å². The highest BCUT2D eigenvalue weighted by molar-refractivity contribution is 7.13. The van der Waals surface area contributed by atoms with Crippen molar-refractivity contribution < 1.29 is 4.79 Å². The van der Waals surface area contributed by atoms with Crippen LogP contribution in [0.2, 0.25) is 0 Å². The highest BCUT2D eigenvalue weighted by atomic mass is 32.1. The van der Waals surface area contributed by atoms with Gasteiger partial charge in [-0.3, -0.25) is 9.48 Å². The zero-order chi connectivity index (χ0) is 13.7. The molecule has 6 nitrogen and oxygen atoms in total. The summed E-state index contributed by atoms with van der Waals surface area (Å²) in [6.07, 6.45) is 4.84. The summed E-state index contributed by atoms with van der Waals surface area (Å²) in [6.45, 7) is 3.16. The van der Waals surface area contributed by atoms with E-state index in [1.807, 2.05) is 18.5 Å². The highest BCUT2D eigenvalue weighted by Crippen LogP contribution is 2.10. The first kappa shape index (κ1) is 13.5. The first-order valence-corrected chi connectivity index (χ1v) is 6.97. The van der Waals surface area contributed by atoms with Crippen molar-refractivity contribution in [1.29, 1.82) is 0 Å². The van der Waals surface area contributed by atoms with Crippen LogP contribution >= 0.6 is 11.3 Å². The Morgan fingerprint density at radius 2 is 2.42 bits per heavy atom. The number of amides is 1. The zero-order valence-corrected chi connectivity index (χ0v) is 11.6. The number of carbonyl (C=O) groups excluding carboxylic acids is 1. The number of rotatable bonds is 6. The summed E-state index contributed by atoms with van der Waals surface area (Å²) in [5.74, 6) is 0.0244. The molecule has 2 aromatic heterocycles. The summed E-state index contributed by atoms with van der Waals surface area (Å²) in [5, 5.41) is 9.47. The Bertz CT molecular complexity index is 548. The van der Waals surface area contributed by atoms with Crippen LogP contribution in [0.1, 0.15) is 17.7 Å². The van der Waals surface area contributed by atoms with Crippen LogP contribution in [-0.4, -0.2) is 27.2 Å². The molecule has 3 N–H and O–H groups in total. The van der Waals surface area contributed by atoms with Crippen LogP contribution in [-0.2, 0) is 17.8 Å². The molecule has 0 aliphatic carbocycles. The number of aromatic nitrogens is 3. The molecule has 0 unspecified atom stereocenters. The Morgan fingerprint density at radius 3 is 3.05 bits per heavy atom. The minimum absolute atomic E-state index is 0.0244. The largest absolute Gasteiger partial charge is 0.375 e. The molecule has 2 aromatic rings. The van der Waals surface area contributed by atoms with E-state index in [0.717, 1.165) is 11.3 Å². The number of nitrogens with zero attached hydrogens (tertiary/aromatic N) is 3. The van der Waals surface area contributed by atoms with E-state index < -0.39 is 0 Å². The number of nitrogens with two attached hydrogens (primary N) is 1. The predicted molar refractivity (Wildman–Crippen MR) is 74.8 cm³/mol. The summed E-state index contributed by atoms with van der Waals surface area (Å²) in [7, 11) is 0. The van der Waals surface area contributed by atoms with Gasteiger partial charge < -0.3 is 11.1 Å². The zero-order valence-electron chi connectivity index (χ0n) is 10.8.